The lowest BCUT2D eigenvalue weighted by atomic mass is 10.2. The second kappa shape index (κ2) is 5.96. The number of amides is 1. The summed E-state index contributed by atoms with van der Waals surface area (Å²) in [6, 6.07) is 11.2. The summed E-state index contributed by atoms with van der Waals surface area (Å²) in [5.41, 5.74) is 2.71. The minimum Gasteiger partial charge on any atom is -0.361 e. The van der Waals surface area contributed by atoms with Gasteiger partial charge in [-0.1, -0.05) is 18.2 Å². The van der Waals surface area contributed by atoms with Gasteiger partial charge in [0.05, 0.1) is 5.69 Å². The normalized spacial score (nSPS) is 14.0. The first-order valence-corrected chi connectivity index (χ1v) is 8.10. The summed E-state index contributed by atoms with van der Waals surface area (Å²) in [5, 5.41) is 8.25. The SMILES string of the molecule is O=C(Cn1nc(C2CC2)ccc1=O)NCc1c[nH]c2ccccc12. The van der Waals surface area contributed by atoms with Crippen LogP contribution in [0.15, 0.2) is 47.4 Å². The second-order valence-electron chi connectivity index (χ2n) is 6.16. The van der Waals surface area contributed by atoms with Gasteiger partial charge in [-0.3, -0.25) is 9.59 Å². The fourth-order valence-corrected chi connectivity index (χ4v) is 2.84. The lowest BCUT2D eigenvalue weighted by Gasteiger charge is -2.07. The zero-order chi connectivity index (χ0) is 16.5. The number of carbonyl (C=O) groups excluding carboxylic acids is 1. The van der Waals surface area contributed by atoms with Crippen molar-refractivity contribution < 1.29 is 4.79 Å². The molecule has 24 heavy (non-hydrogen) atoms. The van der Waals surface area contributed by atoms with E-state index in [-0.39, 0.29) is 18.0 Å². The topological polar surface area (TPSA) is 79.8 Å². The standard InChI is InChI=1S/C18H18N4O2/c23-17(11-22-18(24)8-7-15(21-22)12-5-6-12)20-10-13-9-19-16-4-2-1-3-14(13)16/h1-4,7-9,12,19H,5-6,10-11H2,(H,20,23). The number of nitrogens with one attached hydrogen (secondary N) is 2. The monoisotopic (exact) mass is 322 g/mol. The predicted octanol–water partition coefficient (Wildman–Crippen LogP) is 1.92. The van der Waals surface area contributed by atoms with Gasteiger partial charge in [0, 0.05) is 35.6 Å². The molecule has 6 nitrogen and oxygen atoms in total. The highest BCUT2D eigenvalue weighted by atomic mass is 16.2. The Morgan fingerprint density at radius 3 is 2.92 bits per heavy atom. The molecule has 6 heteroatoms. The fraction of sp³-hybridized carbons (Fsp3) is 0.278. The number of hydrogen-bond donors (Lipinski definition) is 2. The van der Waals surface area contributed by atoms with Crippen LogP contribution in [-0.4, -0.2) is 20.7 Å². The second-order valence-corrected chi connectivity index (χ2v) is 6.16. The molecule has 0 bridgehead atoms. The van der Waals surface area contributed by atoms with Crippen molar-refractivity contribution >= 4 is 16.8 Å². The number of hydrogen-bond acceptors (Lipinski definition) is 3. The van der Waals surface area contributed by atoms with Gasteiger partial charge in [0.25, 0.3) is 5.56 Å². The maximum atomic E-state index is 12.2. The summed E-state index contributed by atoms with van der Waals surface area (Å²) in [5.74, 6) is 0.231. The highest BCUT2D eigenvalue weighted by Crippen LogP contribution is 2.38. The first-order valence-electron chi connectivity index (χ1n) is 8.10. The molecule has 1 amide bonds. The molecule has 2 N–H and O–H groups in total. The third-order valence-electron chi connectivity index (χ3n) is 4.33. The molecule has 1 aromatic carbocycles. The molecule has 3 aromatic rings. The summed E-state index contributed by atoms with van der Waals surface area (Å²) in [7, 11) is 0. The highest BCUT2D eigenvalue weighted by Gasteiger charge is 2.25. The highest BCUT2D eigenvalue weighted by molar-refractivity contribution is 5.83. The average Bonchev–Trinajstić information content (AvgIpc) is 3.36. The van der Waals surface area contributed by atoms with Gasteiger partial charge in [0.2, 0.25) is 5.91 Å². The Morgan fingerprint density at radius 2 is 2.08 bits per heavy atom. The van der Waals surface area contributed by atoms with Crippen molar-refractivity contribution in [2.75, 3.05) is 0 Å². The molecule has 0 radical (unpaired) electrons. The molecule has 0 atom stereocenters. The summed E-state index contributed by atoms with van der Waals surface area (Å²) in [4.78, 5) is 27.2. The Labute approximate surface area is 138 Å². The Bertz CT molecular complexity index is 953. The van der Waals surface area contributed by atoms with Crippen LogP contribution in [-0.2, 0) is 17.9 Å². The van der Waals surface area contributed by atoms with Gasteiger partial charge in [0.1, 0.15) is 6.54 Å². The first-order chi connectivity index (χ1) is 11.7. The number of fused-ring (bicyclic) bond motifs is 1. The number of para-hydroxylation sites is 1. The van der Waals surface area contributed by atoms with Gasteiger partial charge in [-0.25, -0.2) is 4.68 Å². The summed E-state index contributed by atoms with van der Waals surface area (Å²) >= 11 is 0. The van der Waals surface area contributed by atoms with Crippen molar-refractivity contribution in [3.8, 4) is 0 Å². The van der Waals surface area contributed by atoms with E-state index in [1.54, 1.807) is 6.07 Å². The number of aromatic amines is 1. The van der Waals surface area contributed by atoms with Gasteiger partial charge in [-0.05, 0) is 30.5 Å². The third kappa shape index (κ3) is 2.95. The van der Waals surface area contributed by atoms with E-state index in [2.05, 4.69) is 15.4 Å². The minimum atomic E-state index is -0.248. The van der Waals surface area contributed by atoms with Crippen LogP contribution in [0, 0.1) is 0 Å². The number of H-pyrrole nitrogens is 1. The predicted molar refractivity (Wildman–Crippen MR) is 90.6 cm³/mol. The number of carbonyl (C=O) groups is 1. The average molecular weight is 322 g/mol. The third-order valence-corrected chi connectivity index (χ3v) is 4.33. The molecule has 4 rings (SSSR count). The van der Waals surface area contributed by atoms with Gasteiger partial charge < -0.3 is 10.3 Å². The lowest BCUT2D eigenvalue weighted by molar-refractivity contribution is -0.122. The van der Waals surface area contributed by atoms with E-state index in [1.807, 2.05) is 30.5 Å². The maximum absolute atomic E-state index is 12.2. The van der Waals surface area contributed by atoms with Crippen LogP contribution in [0.25, 0.3) is 10.9 Å². The van der Waals surface area contributed by atoms with Crippen molar-refractivity contribution in [2.45, 2.75) is 31.8 Å². The van der Waals surface area contributed by atoms with E-state index in [0.29, 0.717) is 12.5 Å². The number of benzene rings is 1. The van der Waals surface area contributed by atoms with Crippen LogP contribution < -0.4 is 10.9 Å². The molecule has 1 aliphatic carbocycles. The van der Waals surface area contributed by atoms with Crippen molar-refractivity contribution in [3.63, 3.8) is 0 Å². The van der Waals surface area contributed by atoms with Crippen LogP contribution in [0.3, 0.4) is 0 Å². The molecule has 0 aliphatic heterocycles. The van der Waals surface area contributed by atoms with Crippen molar-refractivity contribution in [1.82, 2.24) is 20.1 Å². The van der Waals surface area contributed by atoms with Crippen LogP contribution >= 0.6 is 0 Å². The Morgan fingerprint density at radius 1 is 1.25 bits per heavy atom. The Hall–Kier alpha value is -2.89. The number of rotatable bonds is 5. The summed E-state index contributed by atoms with van der Waals surface area (Å²) in [6.45, 7) is 0.363. The molecule has 1 aliphatic rings. The molecule has 1 saturated carbocycles. The van der Waals surface area contributed by atoms with Gasteiger partial charge in [-0.2, -0.15) is 5.10 Å². The van der Waals surface area contributed by atoms with Crippen LogP contribution in [0.2, 0.25) is 0 Å². The van der Waals surface area contributed by atoms with Crippen molar-refractivity contribution in [2.24, 2.45) is 0 Å². The van der Waals surface area contributed by atoms with Crippen LogP contribution in [0.4, 0.5) is 0 Å². The van der Waals surface area contributed by atoms with Gasteiger partial charge >= 0.3 is 0 Å². The van der Waals surface area contributed by atoms with E-state index in [4.69, 9.17) is 0 Å². The van der Waals surface area contributed by atoms with E-state index in [9.17, 15) is 9.59 Å². The summed E-state index contributed by atoms with van der Waals surface area (Å²) in [6.07, 6.45) is 4.11. The molecule has 2 aromatic heterocycles. The van der Waals surface area contributed by atoms with E-state index < -0.39 is 0 Å². The van der Waals surface area contributed by atoms with Crippen LogP contribution in [0.1, 0.15) is 30.0 Å². The van der Waals surface area contributed by atoms with Gasteiger partial charge in [-0.15, -0.1) is 0 Å². The smallest absolute Gasteiger partial charge is 0.267 e. The summed E-state index contributed by atoms with van der Waals surface area (Å²) < 4.78 is 1.25. The molecule has 0 saturated heterocycles. The Kier molecular flexibility index (Phi) is 3.65. The Balaban J connectivity index is 1.43. The zero-order valence-corrected chi connectivity index (χ0v) is 13.2. The maximum Gasteiger partial charge on any atom is 0.267 e. The number of nitrogens with zero attached hydrogens (tertiary/aromatic N) is 2. The molecular formula is C18H18N4O2. The molecule has 1 fully saturated rings. The molecule has 122 valence electrons. The molecular weight excluding hydrogens is 304 g/mol. The van der Waals surface area contributed by atoms with Crippen molar-refractivity contribution in [1.29, 1.82) is 0 Å². The fourth-order valence-electron chi connectivity index (χ4n) is 2.84. The molecule has 0 unspecified atom stereocenters. The van der Waals surface area contributed by atoms with E-state index >= 15 is 0 Å². The lowest BCUT2D eigenvalue weighted by Crippen LogP contribution is -2.33. The zero-order valence-electron chi connectivity index (χ0n) is 13.2. The first kappa shape index (κ1) is 14.7. The van der Waals surface area contributed by atoms with E-state index in [1.165, 1.54) is 10.7 Å². The minimum absolute atomic E-state index is 0.0538. The van der Waals surface area contributed by atoms with E-state index in [0.717, 1.165) is 35.0 Å². The van der Waals surface area contributed by atoms with Crippen LogP contribution in [0.5, 0.6) is 0 Å². The molecule has 2 heterocycles. The largest absolute Gasteiger partial charge is 0.361 e. The van der Waals surface area contributed by atoms with Crippen molar-refractivity contribution in [3.05, 3.63) is 64.2 Å². The molecule has 0 spiro atoms. The quantitative estimate of drug-likeness (QED) is 0.753. The van der Waals surface area contributed by atoms with Gasteiger partial charge in [0.15, 0.2) is 0 Å². The number of aromatic nitrogens is 3.